The second-order valence-corrected chi connectivity index (χ2v) is 7.39. The number of rotatable bonds is 6. The Labute approximate surface area is 184 Å². The van der Waals surface area contributed by atoms with Crippen molar-refractivity contribution in [2.75, 3.05) is 5.32 Å². The van der Waals surface area contributed by atoms with Gasteiger partial charge in [0.25, 0.3) is 11.5 Å². The first-order valence-electron chi connectivity index (χ1n) is 10.2. The standard InChI is InChI=1S/C25H22N4O3/c1-17(18-9-3-2-4-10-18)27-24(31)19-11-5-8-14-22(19)28-23(30)15-29-16-26-21-13-7-6-12-20(21)25(29)32/h2-14,16-17H,15H2,1H3,(H,27,31)(H,28,30). The number of benzene rings is 3. The van der Waals surface area contributed by atoms with Crippen LogP contribution in [0.2, 0.25) is 0 Å². The molecule has 1 aromatic heterocycles. The van der Waals surface area contributed by atoms with Crippen molar-refractivity contribution in [3.63, 3.8) is 0 Å². The third kappa shape index (κ3) is 4.57. The predicted molar refractivity (Wildman–Crippen MR) is 123 cm³/mol. The van der Waals surface area contributed by atoms with E-state index in [-0.39, 0.29) is 24.1 Å². The Kier molecular flexibility index (Phi) is 6.07. The maximum absolute atomic E-state index is 12.9. The minimum Gasteiger partial charge on any atom is -0.345 e. The van der Waals surface area contributed by atoms with E-state index >= 15 is 0 Å². The summed E-state index contributed by atoms with van der Waals surface area (Å²) in [6.45, 7) is 1.68. The van der Waals surface area contributed by atoms with E-state index in [1.807, 2.05) is 37.3 Å². The van der Waals surface area contributed by atoms with Crippen LogP contribution in [0.15, 0.2) is 90.0 Å². The van der Waals surface area contributed by atoms with Gasteiger partial charge in [0.2, 0.25) is 5.91 Å². The number of anilines is 1. The van der Waals surface area contributed by atoms with Crippen LogP contribution in [-0.2, 0) is 11.3 Å². The molecular formula is C25H22N4O3. The van der Waals surface area contributed by atoms with E-state index in [4.69, 9.17) is 0 Å². The van der Waals surface area contributed by atoms with Gasteiger partial charge in [-0.2, -0.15) is 0 Å². The van der Waals surface area contributed by atoms with Crippen molar-refractivity contribution in [1.29, 1.82) is 0 Å². The minimum atomic E-state index is -0.430. The fourth-order valence-corrected chi connectivity index (χ4v) is 3.45. The highest BCUT2D eigenvalue weighted by molar-refractivity contribution is 6.03. The van der Waals surface area contributed by atoms with Crippen molar-refractivity contribution >= 4 is 28.4 Å². The van der Waals surface area contributed by atoms with E-state index in [1.165, 1.54) is 10.9 Å². The number of aromatic nitrogens is 2. The number of nitrogens with zero attached hydrogens (tertiary/aromatic N) is 2. The Balaban J connectivity index is 1.49. The number of carbonyl (C=O) groups excluding carboxylic acids is 2. The van der Waals surface area contributed by atoms with Crippen molar-refractivity contribution in [3.05, 3.63) is 107 Å². The molecule has 1 heterocycles. The highest BCUT2D eigenvalue weighted by Gasteiger charge is 2.16. The summed E-state index contributed by atoms with van der Waals surface area (Å²) in [6, 6.07) is 23.1. The molecule has 160 valence electrons. The Morgan fingerprint density at radius 3 is 2.44 bits per heavy atom. The number of amides is 2. The molecule has 32 heavy (non-hydrogen) atoms. The molecule has 7 nitrogen and oxygen atoms in total. The van der Waals surface area contributed by atoms with Crippen LogP contribution in [0, 0.1) is 0 Å². The summed E-state index contributed by atoms with van der Waals surface area (Å²) in [5.74, 6) is -0.734. The SMILES string of the molecule is CC(NC(=O)c1ccccc1NC(=O)Cn1cnc2ccccc2c1=O)c1ccccc1. The lowest BCUT2D eigenvalue weighted by molar-refractivity contribution is -0.116. The van der Waals surface area contributed by atoms with Crippen molar-refractivity contribution < 1.29 is 9.59 Å². The van der Waals surface area contributed by atoms with Crippen LogP contribution in [-0.4, -0.2) is 21.4 Å². The van der Waals surface area contributed by atoms with E-state index in [9.17, 15) is 14.4 Å². The monoisotopic (exact) mass is 426 g/mol. The Morgan fingerprint density at radius 2 is 1.62 bits per heavy atom. The van der Waals surface area contributed by atoms with E-state index in [1.54, 1.807) is 48.5 Å². The summed E-state index contributed by atoms with van der Waals surface area (Å²) in [5, 5.41) is 6.13. The molecule has 7 heteroatoms. The molecule has 4 aromatic rings. The third-order valence-corrected chi connectivity index (χ3v) is 5.14. The van der Waals surface area contributed by atoms with Gasteiger partial charge in [-0.15, -0.1) is 0 Å². The van der Waals surface area contributed by atoms with Crippen molar-refractivity contribution in [1.82, 2.24) is 14.9 Å². The van der Waals surface area contributed by atoms with Crippen LogP contribution in [0.3, 0.4) is 0 Å². The molecule has 0 aliphatic carbocycles. The number of nitrogens with one attached hydrogen (secondary N) is 2. The smallest absolute Gasteiger partial charge is 0.261 e. The quantitative estimate of drug-likeness (QED) is 0.493. The van der Waals surface area contributed by atoms with E-state index in [0.717, 1.165) is 5.56 Å². The summed E-state index contributed by atoms with van der Waals surface area (Å²) < 4.78 is 1.25. The first kappa shape index (κ1) is 21.0. The summed E-state index contributed by atoms with van der Waals surface area (Å²) >= 11 is 0. The van der Waals surface area contributed by atoms with Gasteiger partial charge in [-0.05, 0) is 36.8 Å². The third-order valence-electron chi connectivity index (χ3n) is 5.14. The zero-order valence-corrected chi connectivity index (χ0v) is 17.5. The van der Waals surface area contributed by atoms with Gasteiger partial charge < -0.3 is 10.6 Å². The summed E-state index contributed by atoms with van der Waals surface area (Å²) in [5.41, 5.74) is 1.97. The van der Waals surface area contributed by atoms with Gasteiger partial charge in [-0.25, -0.2) is 4.98 Å². The maximum Gasteiger partial charge on any atom is 0.261 e. The summed E-state index contributed by atoms with van der Waals surface area (Å²) in [4.78, 5) is 42.4. The number of fused-ring (bicyclic) bond motifs is 1. The van der Waals surface area contributed by atoms with Crippen molar-refractivity contribution in [3.8, 4) is 0 Å². The number of hydrogen-bond donors (Lipinski definition) is 2. The lowest BCUT2D eigenvalue weighted by Crippen LogP contribution is -2.30. The van der Waals surface area contributed by atoms with Gasteiger partial charge in [0, 0.05) is 0 Å². The number of carbonyl (C=O) groups is 2. The van der Waals surface area contributed by atoms with Gasteiger partial charge in [0.15, 0.2) is 0 Å². The zero-order chi connectivity index (χ0) is 22.5. The molecular weight excluding hydrogens is 404 g/mol. The van der Waals surface area contributed by atoms with Gasteiger partial charge in [-0.3, -0.25) is 19.0 Å². The fourth-order valence-electron chi connectivity index (χ4n) is 3.45. The van der Waals surface area contributed by atoms with Crippen LogP contribution in [0.1, 0.15) is 28.9 Å². The normalized spacial score (nSPS) is 11.7. The minimum absolute atomic E-state index is 0.199. The van der Waals surface area contributed by atoms with E-state index in [0.29, 0.717) is 22.2 Å². The molecule has 1 unspecified atom stereocenters. The average Bonchev–Trinajstić information content (AvgIpc) is 2.82. The van der Waals surface area contributed by atoms with Gasteiger partial charge >= 0.3 is 0 Å². The van der Waals surface area contributed by atoms with E-state index < -0.39 is 5.91 Å². The molecule has 0 aliphatic heterocycles. The van der Waals surface area contributed by atoms with Crippen LogP contribution in [0.4, 0.5) is 5.69 Å². The maximum atomic E-state index is 12.9. The van der Waals surface area contributed by atoms with E-state index in [2.05, 4.69) is 15.6 Å². The first-order chi connectivity index (χ1) is 15.5. The molecule has 3 aromatic carbocycles. The molecule has 4 rings (SSSR count). The largest absolute Gasteiger partial charge is 0.345 e. The number of para-hydroxylation sites is 2. The highest BCUT2D eigenvalue weighted by Crippen LogP contribution is 2.18. The lowest BCUT2D eigenvalue weighted by atomic mass is 10.1. The molecule has 0 fully saturated rings. The second kappa shape index (κ2) is 9.26. The van der Waals surface area contributed by atoms with Crippen molar-refractivity contribution in [2.24, 2.45) is 0 Å². The molecule has 0 aliphatic rings. The summed E-state index contributed by atoms with van der Waals surface area (Å²) in [6.07, 6.45) is 1.35. The average molecular weight is 426 g/mol. The van der Waals surface area contributed by atoms with Crippen molar-refractivity contribution in [2.45, 2.75) is 19.5 Å². The molecule has 0 spiro atoms. The van der Waals surface area contributed by atoms with Gasteiger partial charge in [-0.1, -0.05) is 54.6 Å². The fraction of sp³-hybridized carbons (Fsp3) is 0.120. The topological polar surface area (TPSA) is 93.1 Å². The van der Waals surface area contributed by atoms with Crippen LogP contribution >= 0.6 is 0 Å². The van der Waals surface area contributed by atoms with Crippen LogP contribution in [0.5, 0.6) is 0 Å². The Hall–Kier alpha value is -4.26. The zero-order valence-electron chi connectivity index (χ0n) is 17.5. The lowest BCUT2D eigenvalue weighted by Gasteiger charge is -2.16. The molecule has 2 N–H and O–H groups in total. The predicted octanol–water partition coefficient (Wildman–Crippen LogP) is 3.53. The molecule has 1 atom stereocenters. The Bertz CT molecular complexity index is 1330. The molecule has 0 bridgehead atoms. The molecule has 0 saturated carbocycles. The first-order valence-corrected chi connectivity index (χ1v) is 10.2. The number of hydrogen-bond acceptors (Lipinski definition) is 4. The summed E-state index contributed by atoms with van der Waals surface area (Å²) in [7, 11) is 0. The molecule has 0 saturated heterocycles. The Morgan fingerprint density at radius 1 is 0.938 bits per heavy atom. The molecule has 0 radical (unpaired) electrons. The highest BCUT2D eigenvalue weighted by atomic mass is 16.2. The second-order valence-electron chi connectivity index (χ2n) is 7.39. The van der Waals surface area contributed by atoms with Crippen LogP contribution in [0.25, 0.3) is 10.9 Å². The van der Waals surface area contributed by atoms with Gasteiger partial charge in [0.05, 0.1) is 34.5 Å². The molecule has 2 amide bonds. The van der Waals surface area contributed by atoms with Gasteiger partial charge in [0.1, 0.15) is 6.54 Å². The van der Waals surface area contributed by atoms with Crippen LogP contribution < -0.4 is 16.2 Å².